The van der Waals surface area contributed by atoms with E-state index in [-0.39, 0.29) is 5.38 Å². The summed E-state index contributed by atoms with van der Waals surface area (Å²) in [5.41, 5.74) is 0.909. The van der Waals surface area contributed by atoms with Gasteiger partial charge in [0.25, 0.3) is 0 Å². The summed E-state index contributed by atoms with van der Waals surface area (Å²) < 4.78 is 4.98. The molecule has 2 aromatic heterocycles. The Morgan fingerprint density at radius 2 is 2.33 bits per heavy atom. The zero-order valence-electron chi connectivity index (χ0n) is 8.22. The highest BCUT2D eigenvalue weighted by atomic mass is 35.5. The Bertz CT molecular complexity index is 427. The van der Waals surface area contributed by atoms with Crippen molar-refractivity contribution in [1.82, 2.24) is 15.1 Å². The fraction of sp³-hybridized carbons (Fsp3) is 0.300. The maximum absolute atomic E-state index is 5.81. The highest BCUT2D eigenvalue weighted by Gasteiger charge is 2.11. The minimum atomic E-state index is -0.255. The number of hydrogen-bond acceptors (Lipinski definition) is 4. The quantitative estimate of drug-likeness (QED) is 0.750. The molecule has 0 bridgehead atoms. The smallest absolute Gasteiger partial charge is 0.244 e. The first-order chi connectivity index (χ1) is 7.25. The third-order valence-corrected chi connectivity index (χ3v) is 2.08. The zero-order chi connectivity index (χ0) is 10.7. The van der Waals surface area contributed by atoms with Gasteiger partial charge < -0.3 is 4.52 Å². The standard InChI is InChI=1S/C10H10ClN3O/c1-7(11)10-13-9(14-15-10)6-8-4-2-3-5-12-8/h2-5,7H,6H2,1H3. The SMILES string of the molecule is CC(Cl)c1nc(Cc2ccccn2)no1. The Labute approximate surface area is 92.3 Å². The lowest BCUT2D eigenvalue weighted by molar-refractivity contribution is 0.374. The molecule has 78 valence electrons. The minimum absolute atomic E-state index is 0.255. The summed E-state index contributed by atoms with van der Waals surface area (Å²) in [5.74, 6) is 1.05. The summed E-state index contributed by atoms with van der Waals surface area (Å²) >= 11 is 5.81. The molecular weight excluding hydrogens is 214 g/mol. The second-order valence-corrected chi connectivity index (χ2v) is 3.82. The molecule has 0 aliphatic heterocycles. The molecule has 0 spiro atoms. The summed E-state index contributed by atoms with van der Waals surface area (Å²) in [7, 11) is 0. The van der Waals surface area contributed by atoms with Gasteiger partial charge in [0.1, 0.15) is 5.38 Å². The summed E-state index contributed by atoms with van der Waals surface area (Å²) in [5, 5.41) is 3.57. The van der Waals surface area contributed by atoms with Gasteiger partial charge in [-0.15, -0.1) is 11.6 Å². The maximum atomic E-state index is 5.81. The van der Waals surface area contributed by atoms with E-state index < -0.39 is 0 Å². The molecule has 0 aromatic carbocycles. The van der Waals surface area contributed by atoms with Gasteiger partial charge in [-0.25, -0.2) is 0 Å². The first-order valence-corrected chi connectivity index (χ1v) is 5.06. The molecule has 2 heterocycles. The molecule has 0 fully saturated rings. The molecule has 0 aliphatic rings. The maximum Gasteiger partial charge on any atom is 0.244 e. The number of alkyl halides is 1. The normalized spacial score (nSPS) is 12.7. The van der Waals surface area contributed by atoms with Crippen LogP contribution in [0.2, 0.25) is 0 Å². The van der Waals surface area contributed by atoms with Crippen LogP contribution in [0.15, 0.2) is 28.9 Å². The van der Waals surface area contributed by atoms with E-state index in [9.17, 15) is 0 Å². The van der Waals surface area contributed by atoms with Crippen molar-refractivity contribution in [3.63, 3.8) is 0 Å². The molecule has 15 heavy (non-hydrogen) atoms. The van der Waals surface area contributed by atoms with Crippen molar-refractivity contribution in [2.45, 2.75) is 18.7 Å². The van der Waals surface area contributed by atoms with E-state index in [4.69, 9.17) is 16.1 Å². The van der Waals surface area contributed by atoms with Gasteiger partial charge in [-0.3, -0.25) is 4.98 Å². The molecule has 0 saturated carbocycles. The van der Waals surface area contributed by atoms with Crippen molar-refractivity contribution in [3.8, 4) is 0 Å². The van der Waals surface area contributed by atoms with Crippen LogP contribution in [0.3, 0.4) is 0 Å². The van der Waals surface area contributed by atoms with E-state index in [1.165, 1.54) is 0 Å². The first kappa shape index (κ1) is 10.1. The molecule has 2 aromatic rings. The van der Waals surface area contributed by atoms with Crippen LogP contribution < -0.4 is 0 Å². The highest BCUT2D eigenvalue weighted by Crippen LogP contribution is 2.17. The van der Waals surface area contributed by atoms with Gasteiger partial charge in [-0.05, 0) is 19.1 Å². The number of pyridine rings is 1. The predicted octanol–water partition coefficient (Wildman–Crippen LogP) is 2.36. The van der Waals surface area contributed by atoms with Crippen molar-refractivity contribution in [2.24, 2.45) is 0 Å². The van der Waals surface area contributed by atoms with E-state index in [1.807, 2.05) is 18.2 Å². The van der Waals surface area contributed by atoms with Crippen molar-refractivity contribution < 1.29 is 4.52 Å². The fourth-order valence-corrected chi connectivity index (χ4v) is 1.25. The van der Waals surface area contributed by atoms with Crippen LogP contribution in [-0.2, 0) is 6.42 Å². The Hall–Kier alpha value is -1.42. The zero-order valence-corrected chi connectivity index (χ0v) is 8.98. The number of nitrogens with zero attached hydrogens (tertiary/aromatic N) is 3. The van der Waals surface area contributed by atoms with E-state index >= 15 is 0 Å². The van der Waals surface area contributed by atoms with Crippen molar-refractivity contribution in [1.29, 1.82) is 0 Å². The van der Waals surface area contributed by atoms with Crippen LogP contribution in [0, 0.1) is 0 Å². The third kappa shape index (κ3) is 2.53. The molecule has 1 atom stereocenters. The average Bonchev–Trinajstić information content (AvgIpc) is 2.68. The van der Waals surface area contributed by atoms with Gasteiger partial charge in [0.05, 0.1) is 6.42 Å². The van der Waals surface area contributed by atoms with Gasteiger partial charge in [-0.2, -0.15) is 4.98 Å². The lowest BCUT2D eigenvalue weighted by atomic mass is 10.2. The molecule has 0 amide bonds. The van der Waals surface area contributed by atoms with Crippen molar-refractivity contribution >= 4 is 11.6 Å². The highest BCUT2D eigenvalue weighted by molar-refractivity contribution is 6.20. The van der Waals surface area contributed by atoms with E-state index in [0.717, 1.165) is 5.69 Å². The summed E-state index contributed by atoms with van der Waals surface area (Å²) in [4.78, 5) is 8.33. The lowest BCUT2D eigenvalue weighted by Crippen LogP contribution is -1.93. The molecule has 5 heteroatoms. The summed E-state index contributed by atoms with van der Waals surface area (Å²) in [6.45, 7) is 1.79. The number of aromatic nitrogens is 3. The molecular formula is C10H10ClN3O. The molecule has 4 nitrogen and oxygen atoms in total. The fourth-order valence-electron chi connectivity index (χ4n) is 1.17. The van der Waals surface area contributed by atoms with Crippen LogP contribution in [-0.4, -0.2) is 15.1 Å². The van der Waals surface area contributed by atoms with Crippen LogP contribution in [0.25, 0.3) is 0 Å². The first-order valence-electron chi connectivity index (χ1n) is 4.62. The van der Waals surface area contributed by atoms with Crippen LogP contribution >= 0.6 is 11.6 Å². The Kier molecular flexibility index (Phi) is 2.97. The van der Waals surface area contributed by atoms with Crippen molar-refractivity contribution in [3.05, 3.63) is 41.8 Å². The molecule has 1 unspecified atom stereocenters. The van der Waals surface area contributed by atoms with E-state index in [0.29, 0.717) is 18.1 Å². The second kappa shape index (κ2) is 4.40. The van der Waals surface area contributed by atoms with E-state index in [1.54, 1.807) is 13.1 Å². The Balaban J connectivity index is 2.12. The molecule has 0 aliphatic carbocycles. The predicted molar refractivity (Wildman–Crippen MR) is 55.6 cm³/mol. The van der Waals surface area contributed by atoms with Gasteiger partial charge in [0.2, 0.25) is 5.89 Å². The van der Waals surface area contributed by atoms with Crippen LogP contribution in [0.1, 0.15) is 29.7 Å². The van der Waals surface area contributed by atoms with Gasteiger partial charge >= 0.3 is 0 Å². The third-order valence-electron chi connectivity index (χ3n) is 1.89. The molecule has 0 saturated heterocycles. The average molecular weight is 224 g/mol. The van der Waals surface area contributed by atoms with Crippen LogP contribution in [0.4, 0.5) is 0 Å². The largest absolute Gasteiger partial charge is 0.338 e. The minimum Gasteiger partial charge on any atom is -0.338 e. The summed E-state index contributed by atoms with van der Waals surface area (Å²) in [6, 6.07) is 5.71. The van der Waals surface area contributed by atoms with Gasteiger partial charge in [0, 0.05) is 11.9 Å². The Morgan fingerprint density at radius 1 is 1.47 bits per heavy atom. The molecule has 2 rings (SSSR count). The molecule has 0 radical (unpaired) electrons. The monoisotopic (exact) mass is 223 g/mol. The number of halogens is 1. The number of hydrogen-bond donors (Lipinski definition) is 0. The number of rotatable bonds is 3. The van der Waals surface area contributed by atoms with Crippen molar-refractivity contribution in [2.75, 3.05) is 0 Å². The van der Waals surface area contributed by atoms with Crippen LogP contribution in [0.5, 0.6) is 0 Å². The van der Waals surface area contributed by atoms with Gasteiger partial charge in [-0.1, -0.05) is 11.2 Å². The lowest BCUT2D eigenvalue weighted by Gasteiger charge is -1.93. The van der Waals surface area contributed by atoms with Gasteiger partial charge in [0.15, 0.2) is 5.82 Å². The molecule has 0 N–H and O–H groups in total. The Morgan fingerprint density at radius 3 is 2.93 bits per heavy atom. The van der Waals surface area contributed by atoms with E-state index in [2.05, 4.69) is 15.1 Å². The topological polar surface area (TPSA) is 51.8 Å². The summed E-state index contributed by atoms with van der Waals surface area (Å²) in [6.07, 6.45) is 2.30. The second-order valence-electron chi connectivity index (χ2n) is 3.16.